The van der Waals surface area contributed by atoms with Crippen molar-refractivity contribution in [2.75, 3.05) is 5.32 Å². The number of nitriles is 1. The second-order valence-corrected chi connectivity index (χ2v) is 5.88. The van der Waals surface area contributed by atoms with Crippen molar-refractivity contribution in [3.05, 3.63) is 83.4 Å². The molecular weight excluding hydrogens is 343 g/mol. The second kappa shape index (κ2) is 8.15. The van der Waals surface area contributed by atoms with Gasteiger partial charge >= 0.3 is 0 Å². The molecule has 134 valence electrons. The summed E-state index contributed by atoms with van der Waals surface area (Å²) in [5.74, 6) is 0.0405. The SMILES string of the molecule is CCc1ccc(NC(=O)/C(C#N)=C/c2ccc(-c3ccc(F)cc3)o2)cc1. The van der Waals surface area contributed by atoms with E-state index in [-0.39, 0.29) is 11.4 Å². The van der Waals surface area contributed by atoms with Crippen LogP contribution < -0.4 is 5.32 Å². The maximum absolute atomic E-state index is 13.0. The summed E-state index contributed by atoms with van der Waals surface area (Å²) in [6, 6.07) is 18.6. The number of aryl methyl sites for hydroxylation is 1. The Morgan fingerprint density at radius 1 is 1.11 bits per heavy atom. The molecule has 0 unspecified atom stereocenters. The minimum atomic E-state index is -0.513. The summed E-state index contributed by atoms with van der Waals surface area (Å²) in [4.78, 5) is 12.3. The van der Waals surface area contributed by atoms with Gasteiger partial charge in [-0.1, -0.05) is 19.1 Å². The van der Waals surface area contributed by atoms with E-state index >= 15 is 0 Å². The summed E-state index contributed by atoms with van der Waals surface area (Å²) >= 11 is 0. The van der Waals surface area contributed by atoms with Gasteiger partial charge in [0.2, 0.25) is 0 Å². The topological polar surface area (TPSA) is 66.0 Å². The first kappa shape index (κ1) is 18.2. The molecule has 4 nitrogen and oxygen atoms in total. The van der Waals surface area contributed by atoms with Crippen LogP contribution in [0.2, 0.25) is 0 Å². The maximum Gasteiger partial charge on any atom is 0.266 e. The van der Waals surface area contributed by atoms with Gasteiger partial charge in [-0.05, 0) is 60.5 Å². The smallest absolute Gasteiger partial charge is 0.266 e. The standard InChI is InChI=1S/C22H17FN2O2/c1-2-15-3-9-19(10-4-15)25-22(26)17(14-24)13-20-11-12-21(27-20)16-5-7-18(23)8-6-16/h3-13H,2H2,1H3,(H,25,26)/b17-13+. The van der Waals surface area contributed by atoms with Gasteiger partial charge in [-0.25, -0.2) is 4.39 Å². The number of anilines is 1. The van der Waals surface area contributed by atoms with Gasteiger partial charge in [-0.3, -0.25) is 4.79 Å². The van der Waals surface area contributed by atoms with Crippen LogP contribution in [-0.2, 0) is 11.2 Å². The highest BCUT2D eigenvalue weighted by Crippen LogP contribution is 2.24. The zero-order valence-corrected chi connectivity index (χ0v) is 14.7. The van der Waals surface area contributed by atoms with Gasteiger partial charge in [-0.2, -0.15) is 5.26 Å². The molecule has 1 heterocycles. The first-order valence-corrected chi connectivity index (χ1v) is 8.47. The Morgan fingerprint density at radius 2 is 1.81 bits per heavy atom. The minimum absolute atomic E-state index is 0.0745. The summed E-state index contributed by atoms with van der Waals surface area (Å²) in [6.45, 7) is 2.05. The normalized spacial score (nSPS) is 11.1. The summed E-state index contributed by atoms with van der Waals surface area (Å²) in [7, 11) is 0. The number of amides is 1. The van der Waals surface area contributed by atoms with Crippen molar-refractivity contribution >= 4 is 17.7 Å². The van der Waals surface area contributed by atoms with Crippen LogP contribution in [0, 0.1) is 17.1 Å². The summed E-state index contributed by atoms with van der Waals surface area (Å²) in [5, 5.41) is 12.0. The molecule has 0 bridgehead atoms. The molecule has 5 heteroatoms. The highest BCUT2D eigenvalue weighted by Gasteiger charge is 2.11. The molecule has 27 heavy (non-hydrogen) atoms. The molecule has 1 aromatic heterocycles. The molecule has 0 radical (unpaired) electrons. The number of hydrogen-bond donors (Lipinski definition) is 1. The Morgan fingerprint density at radius 3 is 2.44 bits per heavy atom. The number of hydrogen-bond acceptors (Lipinski definition) is 3. The van der Waals surface area contributed by atoms with Crippen molar-refractivity contribution in [2.45, 2.75) is 13.3 Å². The number of rotatable bonds is 5. The molecule has 0 spiro atoms. The molecule has 0 aliphatic heterocycles. The molecule has 3 rings (SSSR count). The Bertz CT molecular complexity index is 1010. The van der Waals surface area contributed by atoms with Crippen LogP contribution in [0.5, 0.6) is 0 Å². The van der Waals surface area contributed by atoms with E-state index in [0.717, 1.165) is 12.0 Å². The monoisotopic (exact) mass is 360 g/mol. The van der Waals surface area contributed by atoms with E-state index in [2.05, 4.69) is 5.32 Å². The lowest BCUT2D eigenvalue weighted by Gasteiger charge is -2.05. The van der Waals surface area contributed by atoms with Crippen LogP contribution in [0.25, 0.3) is 17.4 Å². The van der Waals surface area contributed by atoms with Crippen LogP contribution in [0.1, 0.15) is 18.2 Å². The van der Waals surface area contributed by atoms with Gasteiger partial charge in [0, 0.05) is 17.3 Å². The van der Waals surface area contributed by atoms with Crippen LogP contribution in [0.4, 0.5) is 10.1 Å². The van der Waals surface area contributed by atoms with Gasteiger partial charge < -0.3 is 9.73 Å². The molecule has 1 amide bonds. The predicted molar refractivity (Wildman–Crippen MR) is 102 cm³/mol. The first-order chi connectivity index (χ1) is 13.1. The molecule has 3 aromatic rings. The van der Waals surface area contributed by atoms with Gasteiger partial charge in [0.15, 0.2) is 0 Å². The number of halogens is 1. The first-order valence-electron chi connectivity index (χ1n) is 8.47. The number of carbonyl (C=O) groups is 1. The number of nitrogens with zero attached hydrogens (tertiary/aromatic N) is 1. The fourth-order valence-electron chi connectivity index (χ4n) is 2.51. The van der Waals surface area contributed by atoms with Crippen molar-refractivity contribution < 1.29 is 13.6 Å². The van der Waals surface area contributed by atoms with Gasteiger partial charge in [0.25, 0.3) is 5.91 Å². The molecular formula is C22H17FN2O2. The Kier molecular flexibility index (Phi) is 5.48. The molecule has 1 N–H and O–H groups in total. The van der Waals surface area contributed by atoms with E-state index in [1.807, 2.05) is 25.1 Å². The quantitative estimate of drug-likeness (QED) is 0.503. The van der Waals surface area contributed by atoms with E-state index in [1.165, 1.54) is 18.2 Å². The van der Waals surface area contributed by atoms with Gasteiger partial charge in [0.05, 0.1) is 0 Å². The Hall–Kier alpha value is -3.65. The largest absolute Gasteiger partial charge is 0.457 e. The fraction of sp³-hybridized carbons (Fsp3) is 0.0909. The van der Waals surface area contributed by atoms with E-state index in [0.29, 0.717) is 22.8 Å². The van der Waals surface area contributed by atoms with Crippen LogP contribution in [-0.4, -0.2) is 5.91 Å². The minimum Gasteiger partial charge on any atom is -0.457 e. The number of furan rings is 1. The number of carbonyl (C=O) groups excluding carboxylic acids is 1. The lowest BCUT2D eigenvalue weighted by molar-refractivity contribution is -0.112. The van der Waals surface area contributed by atoms with Crippen molar-refractivity contribution in [3.63, 3.8) is 0 Å². The third-order valence-corrected chi connectivity index (χ3v) is 4.03. The lowest BCUT2D eigenvalue weighted by Crippen LogP contribution is -2.13. The Labute approximate surface area is 156 Å². The maximum atomic E-state index is 13.0. The third kappa shape index (κ3) is 4.50. The summed E-state index contributed by atoms with van der Waals surface area (Å²) < 4.78 is 18.7. The van der Waals surface area contributed by atoms with Crippen molar-refractivity contribution in [2.24, 2.45) is 0 Å². The van der Waals surface area contributed by atoms with Crippen molar-refractivity contribution in [1.29, 1.82) is 5.26 Å². The number of nitrogens with one attached hydrogen (secondary N) is 1. The van der Waals surface area contributed by atoms with Gasteiger partial charge in [0.1, 0.15) is 29.0 Å². The average molecular weight is 360 g/mol. The van der Waals surface area contributed by atoms with Crippen LogP contribution in [0.15, 0.2) is 70.7 Å². The summed E-state index contributed by atoms with van der Waals surface area (Å²) in [5.41, 5.74) is 2.40. The van der Waals surface area contributed by atoms with E-state index in [4.69, 9.17) is 4.42 Å². The van der Waals surface area contributed by atoms with E-state index < -0.39 is 5.91 Å². The molecule has 0 atom stereocenters. The molecule has 2 aromatic carbocycles. The average Bonchev–Trinajstić information content (AvgIpc) is 3.16. The van der Waals surface area contributed by atoms with Crippen LogP contribution in [0.3, 0.4) is 0 Å². The molecule has 0 aliphatic carbocycles. The zero-order valence-electron chi connectivity index (χ0n) is 14.7. The third-order valence-electron chi connectivity index (χ3n) is 4.03. The predicted octanol–water partition coefficient (Wildman–Crippen LogP) is 5.19. The van der Waals surface area contributed by atoms with Crippen molar-refractivity contribution in [1.82, 2.24) is 0 Å². The summed E-state index contributed by atoms with van der Waals surface area (Å²) in [6.07, 6.45) is 2.29. The molecule has 0 saturated carbocycles. The molecule has 0 fully saturated rings. The highest BCUT2D eigenvalue weighted by atomic mass is 19.1. The lowest BCUT2D eigenvalue weighted by atomic mass is 10.1. The molecule has 0 aliphatic rings. The zero-order chi connectivity index (χ0) is 19.2. The van der Waals surface area contributed by atoms with E-state index in [1.54, 1.807) is 36.4 Å². The molecule has 0 saturated heterocycles. The van der Waals surface area contributed by atoms with Gasteiger partial charge in [-0.15, -0.1) is 0 Å². The van der Waals surface area contributed by atoms with E-state index in [9.17, 15) is 14.4 Å². The fourth-order valence-corrected chi connectivity index (χ4v) is 2.51. The number of benzene rings is 2. The highest BCUT2D eigenvalue weighted by molar-refractivity contribution is 6.09. The van der Waals surface area contributed by atoms with Crippen LogP contribution >= 0.6 is 0 Å². The Balaban J connectivity index is 1.76. The van der Waals surface area contributed by atoms with Crippen molar-refractivity contribution in [3.8, 4) is 17.4 Å². The second-order valence-electron chi connectivity index (χ2n) is 5.88.